The number of oxazole rings is 1. The molecule has 1 atom stereocenters. The molecule has 0 amide bonds. The number of esters is 1. The molecule has 1 aromatic heterocycles. The van der Waals surface area contributed by atoms with Gasteiger partial charge in [-0.15, -0.1) is 0 Å². The second kappa shape index (κ2) is 8.49. The van der Waals surface area contributed by atoms with Crippen LogP contribution in [-0.2, 0) is 16.1 Å². The van der Waals surface area contributed by atoms with E-state index in [1.54, 1.807) is 0 Å². The molecule has 0 saturated carbocycles. The molecule has 5 heteroatoms. The van der Waals surface area contributed by atoms with Crippen molar-refractivity contribution in [2.75, 3.05) is 13.2 Å². The van der Waals surface area contributed by atoms with Crippen LogP contribution in [-0.4, -0.2) is 35.0 Å². The second-order valence-corrected chi connectivity index (χ2v) is 7.02. The van der Waals surface area contributed by atoms with Crippen molar-refractivity contribution in [3.8, 4) is 11.5 Å². The highest BCUT2D eigenvalue weighted by Gasteiger charge is 2.27. The van der Waals surface area contributed by atoms with Crippen LogP contribution in [0, 0.1) is 13.8 Å². The van der Waals surface area contributed by atoms with Gasteiger partial charge in [0.05, 0.1) is 18.7 Å². The van der Waals surface area contributed by atoms with Crippen LogP contribution >= 0.6 is 0 Å². The third-order valence-corrected chi connectivity index (χ3v) is 5.00. The van der Waals surface area contributed by atoms with Gasteiger partial charge in [0.2, 0.25) is 5.89 Å². The Morgan fingerprint density at radius 2 is 2.04 bits per heavy atom. The number of piperidine rings is 1. The van der Waals surface area contributed by atoms with E-state index in [0.29, 0.717) is 25.5 Å². The van der Waals surface area contributed by atoms with E-state index < -0.39 is 0 Å². The van der Waals surface area contributed by atoms with Crippen molar-refractivity contribution in [3.63, 3.8) is 0 Å². The van der Waals surface area contributed by atoms with E-state index in [1.807, 2.05) is 26.0 Å². The summed E-state index contributed by atoms with van der Waals surface area (Å²) in [6.45, 7) is 8.01. The summed E-state index contributed by atoms with van der Waals surface area (Å²) < 4.78 is 11.0. The summed E-state index contributed by atoms with van der Waals surface area (Å²) in [5.74, 6) is 1.40. The number of likely N-dealkylation sites (tertiary alicyclic amines) is 1. The fraction of sp³-hybridized carbons (Fsp3) is 0.524. The summed E-state index contributed by atoms with van der Waals surface area (Å²) >= 11 is 0. The largest absolute Gasteiger partial charge is 0.466 e. The predicted molar refractivity (Wildman–Crippen MR) is 101 cm³/mol. The van der Waals surface area contributed by atoms with Crippen LogP contribution in [0.15, 0.2) is 28.7 Å². The summed E-state index contributed by atoms with van der Waals surface area (Å²) in [6, 6.07) is 8.42. The number of ether oxygens (including phenoxy) is 1. The molecule has 1 aliphatic heterocycles. The smallest absolute Gasteiger partial charge is 0.307 e. The molecule has 140 valence electrons. The fourth-order valence-corrected chi connectivity index (χ4v) is 3.50. The van der Waals surface area contributed by atoms with Crippen molar-refractivity contribution in [3.05, 3.63) is 41.3 Å². The summed E-state index contributed by atoms with van der Waals surface area (Å²) in [5, 5.41) is 0. The fourth-order valence-electron chi connectivity index (χ4n) is 3.50. The molecular formula is C21H28N2O3. The molecule has 2 heterocycles. The number of carbonyl (C=O) groups excluding carboxylic acids is 1. The molecule has 0 N–H and O–H groups in total. The minimum absolute atomic E-state index is 0.110. The lowest BCUT2D eigenvalue weighted by Gasteiger charge is -2.34. The number of nitrogens with zero attached hydrogens (tertiary/aromatic N) is 2. The number of aromatic nitrogens is 1. The topological polar surface area (TPSA) is 55.6 Å². The van der Waals surface area contributed by atoms with Gasteiger partial charge in [-0.1, -0.05) is 24.1 Å². The molecule has 1 fully saturated rings. The summed E-state index contributed by atoms with van der Waals surface area (Å²) in [7, 11) is 0. The van der Waals surface area contributed by atoms with Gasteiger partial charge < -0.3 is 9.15 Å². The summed E-state index contributed by atoms with van der Waals surface area (Å²) in [4.78, 5) is 19.0. The zero-order valence-electron chi connectivity index (χ0n) is 16.0. The van der Waals surface area contributed by atoms with Gasteiger partial charge in [0.15, 0.2) is 0 Å². The molecule has 26 heavy (non-hydrogen) atoms. The van der Waals surface area contributed by atoms with Crippen LogP contribution in [0.25, 0.3) is 11.5 Å². The SMILES string of the molecule is CCOC(=O)CC1CCCCN1Cc1nc(-c2ccc(C)cc2)oc1C. The average Bonchev–Trinajstić information content (AvgIpc) is 2.98. The second-order valence-electron chi connectivity index (χ2n) is 7.02. The van der Waals surface area contributed by atoms with Crippen molar-refractivity contribution in [1.82, 2.24) is 9.88 Å². The number of rotatable bonds is 6. The first-order valence-electron chi connectivity index (χ1n) is 9.50. The third kappa shape index (κ3) is 4.52. The number of hydrogen-bond donors (Lipinski definition) is 0. The molecule has 2 aromatic rings. The Hall–Kier alpha value is -2.14. The van der Waals surface area contributed by atoms with E-state index in [2.05, 4.69) is 24.0 Å². The van der Waals surface area contributed by atoms with Crippen LogP contribution in [0.4, 0.5) is 0 Å². The lowest BCUT2D eigenvalue weighted by Crippen LogP contribution is -2.40. The van der Waals surface area contributed by atoms with Gasteiger partial charge in [0.25, 0.3) is 0 Å². The maximum atomic E-state index is 11.9. The van der Waals surface area contributed by atoms with E-state index in [4.69, 9.17) is 14.1 Å². The van der Waals surface area contributed by atoms with Crippen LogP contribution in [0.1, 0.15) is 49.6 Å². The third-order valence-electron chi connectivity index (χ3n) is 5.00. The van der Waals surface area contributed by atoms with Gasteiger partial charge in [-0.25, -0.2) is 4.98 Å². The molecule has 1 aliphatic rings. The normalized spacial score (nSPS) is 18.0. The molecule has 5 nitrogen and oxygen atoms in total. The number of hydrogen-bond acceptors (Lipinski definition) is 5. The monoisotopic (exact) mass is 356 g/mol. The van der Waals surface area contributed by atoms with Gasteiger partial charge in [-0.2, -0.15) is 0 Å². The summed E-state index contributed by atoms with van der Waals surface area (Å²) in [6.07, 6.45) is 3.80. The number of benzene rings is 1. The zero-order valence-corrected chi connectivity index (χ0v) is 16.0. The Balaban J connectivity index is 1.72. The van der Waals surface area contributed by atoms with Crippen molar-refractivity contribution >= 4 is 5.97 Å². The lowest BCUT2D eigenvalue weighted by molar-refractivity contribution is -0.145. The van der Waals surface area contributed by atoms with Gasteiger partial charge in [-0.3, -0.25) is 9.69 Å². The first kappa shape index (κ1) is 18.6. The van der Waals surface area contributed by atoms with E-state index in [-0.39, 0.29) is 12.0 Å². The average molecular weight is 356 g/mol. The lowest BCUT2D eigenvalue weighted by atomic mass is 9.99. The standard InChI is InChI=1S/C21H28N2O3/c1-4-25-20(24)13-18-7-5-6-12-23(18)14-19-16(3)26-21(22-19)17-10-8-15(2)9-11-17/h8-11,18H,4-7,12-14H2,1-3H3. The van der Waals surface area contributed by atoms with Gasteiger partial charge in [0, 0.05) is 18.2 Å². The maximum Gasteiger partial charge on any atom is 0.307 e. The van der Waals surface area contributed by atoms with E-state index in [0.717, 1.165) is 42.8 Å². The van der Waals surface area contributed by atoms with Crippen LogP contribution in [0.5, 0.6) is 0 Å². The molecule has 0 spiro atoms. The molecule has 0 bridgehead atoms. The van der Waals surface area contributed by atoms with E-state index in [9.17, 15) is 4.79 Å². The Morgan fingerprint density at radius 3 is 2.77 bits per heavy atom. The Kier molecular flexibility index (Phi) is 6.09. The van der Waals surface area contributed by atoms with Gasteiger partial charge in [0.1, 0.15) is 5.76 Å². The predicted octanol–water partition coefficient (Wildman–Crippen LogP) is 4.27. The first-order valence-corrected chi connectivity index (χ1v) is 9.50. The molecule has 1 unspecified atom stereocenters. The molecular weight excluding hydrogens is 328 g/mol. The molecule has 0 aliphatic carbocycles. The number of carbonyl (C=O) groups is 1. The molecule has 1 saturated heterocycles. The zero-order chi connectivity index (χ0) is 18.5. The molecule has 3 rings (SSSR count). The molecule has 0 radical (unpaired) electrons. The quantitative estimate of drug-likeness (QED) is 0.724. The van der Waals surface area contributed by atoms with Gasteiger partial charge in [-0.05, 0) is 52.3 Å². The highest BCUT2D eigenvalue weighted by atomic mass is 16.5. The van der Waals surface area contributed by atoms with E-state index >= 15 is 0 Å². The van der Waals surface area contributed by atoms with Gasteiger partial charge >= 0.3 is 5.97 Å². The summed E-state index contributed by atoms with van der Waals surface area (Å²) in [5.41, 5.74) is 3.16. The minimum Gasteiger partial charge on any atom is -0.466 e. The minimum atomic E-state index is -0.110. The Labute approximate surface area is 155 Å². The van der Waals surface area contributed by atoms with Crippen LogP contribution in [0.3, 0.4) is 0 Å². The van der Waals surface area contributed by atoms with Crippen LogP contribution in [0.2, 0.25) is 0 Å². The molecule has 1 aromatic carbocycles. The highest BCUT2D eigenvalue weighted by Crippen LogP contribution is 2.26. The van der Waals surface area contributed by atoms with Crippen molar-refractivity contribution in [1.29, 1.82) is 0 Å². The highest BCUT2D eigenvalue weighted by molar-refractivity contribution is 5.70. The van der Waals surface area contributed by atoms with E-state index in [1.165, 1.54) is 5.56 Å². The first-order chi connectivity index (χ1) is 12.6. The number of aryl methyl sites for hydroxylation is 2. The van der Waals surface area contributed by atoms with Crippen molar-refractivity contribution in [2.45, 2.75) is 59.0 Å². The van der Waals surface area contributed by atoms with Crippen molar-refractivity contribution < 1.29 is 13.9 Å². The Morgan fingerprint density at radius 1 is 1.27 bits per heavy atom. The van der Waals surface area contributed by atoms with Crippen molar-refractivity contribution in [2.24, 2.45) is 0 Å². The Bertz CT molecular complexity index is 736. The van der Waals surface area contributed by atoms with Crippen LogP contribution < -0.4 is 0 Å². The maximum absolute atomic E-state index is 11.9.